The lowest BCUT2D eigenvalue weighted by atomic mass is 10.1. The molecule has 9 heteroatoms. The van der Waals surface area contributed by atoms with Crippen LogP contribution in [0.15, 0.2) is 83.9 Å². The molecule has 196 valence electrons. The summed E-state index contributed by atoms with van der Waals surface area (Å²) in [6.45, 7) is 3.77. The number of hydrogen-bond acceptors (Lipinski definition) is 5. The Morgan fingerprint density at radius 3 is 2.37 bits per heavy atom. The molecule has 0 bridgehead atoms. The predicted octanol–water partition coefficient (Wildman–Crippen LogP) is 4.96. The summed E-state index contributed by atoms with van der Waals surface area (Å²) in [5.41, 5.74) is 4.73. The van der Waals surface area contributed by atoms with Crippen LogP contribution < -0.4 is 10.1 Å². The summed E-state index contributed by atoms with van der Waals surface area (Å²) in [5.74, 6) is 0.436. The number of amides is 1. The van der Waals surface area contributed by atoms with Crippen molar-refractivity contribution in [3.05, 3.63) is 90.1 Å². The Labute approximate surface area is 223 Å². The van der Waals surface area contributed by atoms with E-state index in [-0.39, 0.29) is 17.5 Å². The average Bonchev–Trinajstić information content (AvgIpc) is 3.68. The Morgan fingerprint density at radius 1 is 1.03 bits per heavy atom. The number of anilines is 1. The molecule has 0 saturated heterocycles. The van der Waals surface area contributed by atoms with Crippen molar-refractivity contribution in [3.63, 3.8) is 0 Å². The van der Waals surface area contributed by atoms with Crippen LogP contribution in [-0.4, -0.2) is 47.9 Å². The molecule has 1 aliphatic carbocycles. The van der Waals surface area contributed by atoms with Gasteiger partial charge >= 0.3 is 0 Å². The summed E-state index contributed by atoms with van der Waals surface area (Å²) in [6.07, 6.45) is 3.32. The molecular weight excluding hydrogens is 500 g/mol. The van der Waals surface area contributed by atoms with Crippen molar-refractivity contribution in [1.29, 1.82) is 0 Å². The smallest absolute Gasteiger partial charge is 0.243 e. The maximum absolute atomic E-state index is 13.4. The highest BCUT2D eigenvalue weighted by molar-refractivity contribution is 7.89. The molecule has 1 aromatic heterocycles. The van der Waals surface area contributed by atoms with Gasteiger partial charge in [0.25, 0.3) is 0 Å². The first-order valence-corrected chi connectivity index (χ1v) is 13.9. The molecule has 0 unspecified atom stereocenters. The number of nitrogens with one attached hydrogen (secondary N) is 1. The number of hydrogen-bond donors (Lipinski definition) is 1. The maximum atomic E-state index is 13.4. The summed E-state index contributed by atoms with van der Waals surface area (Å²) in [6, 6.07) is 21.7. The van der Waals surface area contributed by atoms with Crippen molar-refractivity contribution in [3.8, 4) is 22.7 Å². The molecule has 1 heterocycles. The zero-order chi connectivity index (χ0) is 26.9. The molecule has 1 amide bonds. The van der Waals surface area contributed by atoms with E-state index in [4.69, 9.17) is 9.72 Å². The van der Waals surface area contributed by atoms with E-state index in [1.807, 2.05) is 73.1 Å². The first-order chi connectivity index (χ1) is 18.3. The summed E-state index contributed by atoms with van der Waals surface area (Å²) in [4.78, 5) is 18.1. The fourth-order valence-corrected chi connectivity index (χ4v) is 5.89. The Hall–Kier alpha value is -3.95. The van der Waals surface area contributed by atoms with Crippen LogP contribution in [0.2, 0.25) is 0 Å². The third-order valence-electron chi connectivity index (χ3n) is 6.71. The van der Waals surface area contributed by atoms with E-state index in [2.05, 4.69) is 5.32 Å². The number of ether oxygens (including phenoxy) is 1. The molecular formula is C29H30N4O4S. The third-order valence-corrected chi connectivity index (χ3v) is 8.63. The van der Waals surface area contributed by atoms with Crippen LogP contribution in [0, 0.1) is 13.8 Å². The van der Waals surface area contributed by atoms with Gasteiger partial charge in [-0.15, -0.1) is 0 Å². The second-order valence-electron chi connectivity index (χ2n) is 9.46. The molecule has 5 rings (SSSR count). The van der Waals surface area contributed by atoms with Gasteiger partial charge in [0.15, 0.2) is 0 Å². The van der Waals surface area contributed by atoms with Crippen molar-refractivity contribution in [2.75, 3.05) is 19.0 Å². The molecule has 0 radical (unpaired) electrons. The lowest BCUT2D eigenvalue weighted by Gasteiger charge is -2.21. The fraction of sp³-hybridized carbons (Fsp3) is 0.241. The van der Waals surface area contributed by atoms with Gasteiger partial charge in [0.05, 0.1) is 24.2 Å². The monoisotopic (exact) mass is 530 g/mol. The van der Waals surface area contributed by atoms with Crippen LogP contribution in [0.25, 0.3) is 16.9 Å². The van der Waals surface area contributed by atoms with Crippen LogP contribution in [0.4, 0.5) is 5.95 Å². The van der Waals surface area contributed by atoms with Gasteiger partial charge in [-0.3, -0.25) is 14.7 Å². The average molecular weight is 531 g/mol. The Kier molecular flexibility index (Phi) is 7.05. The van der Waals surface area contributed by atoms with Crippen molar-refractivity contribution in [2.24, 2.45) is 0 Å². The van der Waals surface area contributed by atoms with Gasteiger partial charge in [0.2, 0.25) is 21.9 Å². The van der Waals surface area contributed by atoms with Gasteiger partial charge in [-0.2, -0.15) is 4.31 Å². The molecule has 8 nitrogen and oxygen atoms in total. The first kappa shape index (κ1) is 25.7. The number of aromatic nitrogens is 2. The summed E-state index contributed by atoms with van der Waals surface area (Å²) >= 11 is 0. The summed E-state index contributed by atoms with van der Waals surface area (Å²) in [5, 5.41) is 2.87. The molecule has 1 saturated carbocycles. The minimum Gasteiger partial charge on any atom is -0.497 e. The van der Waals surface area contributed by atoms with Crippen LogP contribution in [0.1, 0.15) is 24.0 Å². The molecule has 0 aliphatic heterocycles. The van der Waals surface area contributed by atoms with E-state index in [1.165, 1.54) is 23.5 Å². The SMILES string of the molecule is COc1ccc(S(=O)(=O)N(CC(=O)Nc2nc(-c3ccccc3)cn2-c2ccc(C)c(C)c2)C2CC2)cc1. The van der Waals surface area contributed by atoms with Gasteiger partial charge < -0.3 is 4.74 Å². The topological polar surface area (TPSA) is 93.5 Å². The molecule has 3 aromatic carbocycles. The number of carbonyl (C=O) groups is 1. The van der Waals surface area contributed by atoms with Gasteiger partial charge in [-0.1, -0.05) is 36.4 Å². The maximum Gasteiger partial charge on any atom is 0.243 e. The highest BCUT2D eigenvalue weighted by atomic mass is 32.2. The fourth-order valence-electron chi connectivity index (χ4n) is 4.25. The van der Waals surface area contributed by atoms with E-state index in [9.17, 15) is 13.2 Å². The summed E-state index contributed by atoms with van der Waals surface area (Å²) < 4.78 is 35.1. The third kappa shape index (κ3) is 5.34. The number of methoxy groups -OCH3 is 1. The minimum atomic E-state index is -3.87. The molecule has 1 fully saturated rings. The second-order valence-corrected chi connectivity index (χ2v) is 11.4. The van der Waals surface area contributed by atoms with Gasteiger partial charge in [0, 0.05) is 23.5 Å². The number of nitrogens with zero attached hydrogens (tertiary/aromatic N) is 3. The largest absolute Gasteiger partial charge is 0.497 e. The number of aryl methyl sites for hydroxylation is 2. The van der Waals surface area contributed by atoms with Gasteiger partial charge in [0.1, 0.15) is 5.75 Å². The minimum absolute atomic E-state index is 0.126. The standard InChI is InChI=1S/C29H30N4O4S/c1-20-9-10-24(17-21(20)2)32-18-27(22-7-5-4-6-8-22)30-29(32)31-28(34)19-33(23-11-12-23)38(35,36)26-15-13-25(37-3)14-16-26/h4-10,13-18,23H,11-12,19H2,1-3H3,(H,30,31,34). The molecule has 1 aliphatic rings. The van der Waals surface area contributed by atoms with E-state index in [0.717, 1.165) is 35.2 Å². The van der Waals surface area contributed by atoms with Gasteiger partial charge in [-0.05, 0) is 74.2 Å². The number of rotatable bonds is 9. The van der Waals surface area contributed by atoms with E-state index in [0.29, 0.717) is 17.4 Å². The lowest BCUT2D eigenvalue weighted by molar-refractivity contribution is -0.116. The Balaban J connectivity index is 1.44. The zero-order valence-corrected chi connectivity index (χ0v) is 22.4. The van der Waals surface area contributed by atoms with Crippen LogP contribution in [0.5, 0.6) is 5.75 Å². The zero-order valence-electron chi connectivity index (χ0n) is 21.6. The normalized spacial score (nSPS) is 13.5. The highest BCUT2D eigenvalue weighted by Crippen LogP contribution is 2.33. The van der Waals surface area contributed by atoms with Gasteiger partial charge in [-0.25, -0.2) is 13.4 Å². The Bertz CT molecular complexity index is 1560. The number of carbonyl (C=O) groups excluding carboxylic acids is 1. The van der Waals surface area contributed by atoms with E-state index in [1.54, 1.807) is 12.1 Å². The van der Waals surface area contributed by atoms with E-state index >= 15 is 0 Å². The van der Waals surface area contributed by atoms with Crippen molar-refractivity contribution in [1.82, 2.24) is 13.9 Å². The molecule has 4 aromatic rings. The highest BCUT2D eigenvalue weighted by Gasteiger charge is 2.39. The number of benzene rings is 3. The quantitative estimate of drug-likeness (QED) is 0.330. The lowest BCUT2D eigenvalue weighted by Crippen LogP contribution is -2.39. The molecule has 0 atom stereocenters. The predicted molar refractivity (Wildman–Crippen MR) is 147 cm³/mol. The van der Waals surface area contributed by atoms with Crippen molar-refractivity contribution >= 4 is 21.9 Å². The second kappa shape index (κ2) is 10.4. The number of sulfonamides is 1. The van der Waals surface area contributed by atoms with Crippen molar-refractivity contribution in [2.45, 2.75) is 37.6 Å². The van der Waals surface area contributed by atoms with Crippen LogP contribution >= 0.6 is 0 Å². The molecule has 1 N–H and O–H groups in total. The van der Waals surface area contributed by atoms with Crippen LogP contribution in [-0.2, 0) is 14.8 Å². The molecule has 0 spiro atoms. The van der Waals surface area contributed by atoms with Crippen LogP contribution in [0.3, 0.4) is 0 Å². The molecule has 38 heavy (non-hydrogen) atoms. The number of imidazole rings is 1. The summed E-state index contributed by atoms with van der Waals surface area (Å²) in [7, 11) is -2.35. The first-order valence-electron chi connectivity index (χ1n) is 12.4. The Morgan fingerprint density at radius 2 is 1.74 bits per heavy atom. The van der Waals surface area contributed by atoms with E-state index < -0.39 is 15.9 Å². The van der Waals surface area contributed by atoms with Crippen molar-refractivity contribution < 1.29 is 17.9 Å².